The molecule has 1 saturated heterocycles. The standard InChI is InChI=1S/C21H23N3O3/c1-15(2)24(17-11-7-4-8-12-17)19(25)14-23-20(26)18(22-21(23)27)13-16-9-5-3-6-10-16/h3-12,15,18H,13-14H2,1-2H3,(H,22,27)/t18-/m1/s1. The smallest absolute Gasteiger partial charge is 0.325 e. The summed E-state index contributed by atoms with van der Waals surface area (Å²) in [6, 6.07) is 17.5. The number of anilines is 1. The van der Waals surface area contributed by atoms with Crippen LogP contribution in [0.3, 0.4) is 0 Å². The van der Waals surface area contributed by atoms with Gasteiger partial charge in [-0.25, -0.2) is 4.79 Å². The number of hydrogen-bond donors (Lipinski definition) is 1. The Morgan fingerprint density at radius 1 is 1.04 bits per heavy atom. The van der Waals surface area contributed by atoms with E-state index < -0.39 is 12.1 Å². The molecular formula is C21H23N3O3. The van der Waals surface area contributed by atoms with E-state index in [1.165, 1.54) is 0 Å². The van der Waals surface area contributed by atoms with Crippen LogP contribution >= 0.6 is 0 Å². The minimum Gasteiger partial charge on any atom is -0.325 e. The molecule has 1 heterocycles. The number of amides is 4. The summed E-state index contributed by atoms with van der Waals surface area (Å²) in [7, 11) is 0. The van der Waals surface area contributed by atoms with E-state index in [0.29, 0.717) is 6.42 Å². The molecule has 0 aliphatic carbocycles. The molecule has 0 bridgehead atoms. The summed E-state index contributed by atoms with van der Waals surface area (Å²) in [5.74, 6) is -0.658. The lowest BCUT2D eigenvalue weighted by Crippen LogP contribution is -2.46. The summed E-state index contributed by atoms with van der Waals surface area (Å²) in [6.45, 7) is 3.52. The number of imide groups is 1. The highest BCUT2D eigenvalue weighted by molar-refractivity contribution is 6.08. The lowest BCUT2D eigenvalue weighted by atomic mass is 10.1. The Morgan fingerprint density at radius 2 is 1.63 bits per heavy atom. The third-order valence-electron chi connectivity index (χ3n) is 4.50. The number of hydrogen-bond acceptors (Lipinski definition) is 3. The largest absolute Gasteiger partial charge is 0.325 e. The Morgan fingerprint density at radius 3 is 2.22 bits per heavy atom. The van der Waals surface area contributed by atoms with Crippen LogP contribution in [0.5, 0.6) is 0 Å². The van der Waals surface area contributed by atoms with Crippen LogP contribution in [-0.2, 0) is 16.0 Å². The number of carbonyl (C=O) groups excluding carboxylic acids is 3. The van der Waals surface area contributed by atoms with Gasteiger partial charge in [0.25, 0.3) is 5.91 Å². The molecule has 1 fully saturated rings. The first-order valence-electron chi connectivity index (χ1n) is 9.00. The van der Waals surface area contributed by atoms with Crippen LogP contribution in [0.1, 0.15) is 19.4 Å². The van der Waals surface area contributed by atoms with Gasteiger partial charge in [-0.2, -0.15) is 0 Å². The molecule has 4 amide bonds. The molecule has 27 heavy (non-hydrogen) atoms. The van der Waals surface area contributed by atoms with Crippen molar-refractivity contribution in [2.24, 2.45) is 0 Å². The van der Waals surface area contributed by atoms with Gasteiger partial charge >= 0.3 is 6.03 Å². The molecule has 1 aliphatic rings. The lowest BCUT2D eigenvalue weighted by Gasteiger charge is -2.28. The first-order valence-corrected chi connectivity index (χ1v) is 9.00. The maximum absolute atomic E-state index is 12.8. The van der Waals surface area contributed by atoms with Crippen LogP contribution in [0.25, 0.3) is 0 Å². The molecule has 0 spiro atoms. The van der Waals surface area contributed by atoms with Crippen LogP contribution in [0.4, 0.5) is 10.5 Å². The maximum Gasteiger partial charge on any atom is 0.325 e. The van der Waals surface area contributed by atoms with Gasteiger partial charge in [0.2, 0.25) is 5.91 Å². The highest BCUT2D eigenvalue weighted by Crippen LogP contribution is 2.18. The molecule has 0 unspecified atom stereocenters. The third kappa shape index (κ3) is 4.16. The Bertz CT molecular complexity index is 821. The van der Waals surface area contributed by atoms with Crippen LogP contribution in [-0.4, -0.2) is 41.4 Å². The van der Waals surface area contributed by atoms with Crippen molar-refractivity contribution >= 4 is 23.5 Å². The van der Waals surface area contributed by atoms with Crippen molar-refractivity contribution in [1.82, 2.24) is 10.2 Å². The van der Waals surface area contributed by atoms with Crippen molar-refractivity contribution in [2.45, 2.75) is 32.4 Å². The zero-order valence-electron chi connectivity index (χ0n) is 15.5. The molecule has 2 aromatic carbocycles. The fraction of sp³-hybridized carbons (Fsp3) is 0.286. The normalized spacial score (nSPS) is 16.6. The van der Waals surface area contributed by atoms with Gasteiger partial charge in [-0.15, -0.1) is 0 Å². The summed E-state index contributed by atoms with van der Waals surface area (Å²) < 4.78 is 0. The molecule has 140 valence electrons. The van der Waals surface area contributed by atoms with Gasteiger partial charge in [0.15, 0.2) is 0 Å². The summed E-state index contributed by atoms with van der Waals surface area (Å²) >= 11 is 0. The van der Waals surface area contributed by atoms with E-state index in [2.05, 4.69) is 5.32 Å². The highest BCUT2D eigenvalue weighted by Gasteiger charge is 2.39. The Hall–Kier alpha value is -3.15. The van der Waals surface area contributed by atoms with E-state index in [4.69, 9.17) is 0 Å². The van der Waals surface area contributed by atoms with Gasteiger partial charge in [0, 0.05) is 18.2 Å². The van der Waals surface area contributed by atoms with Gasteiger partial charge in [-0.3, -0.25) is 14.5 Å². The fourth-order valence-corrected chi connectivity index (χ4v) is 3.24. The lowest BCUT2D eigenvalue weighted by molar-refractivity contribution is -0.131. The summed E-state index contributed by atoms with van der Waals surface area (Å²) in [4.78, 5) is 40.4. The molecule has 0 saturated carbocycles. The Labute approximate surface area is 158 Å². The van der Waals surface area contributed by atoms with E-state index in [-0.39, 0.29) is 24.4 Å². The first kappa shape index (κ1) is 18.6. The minimum atomic E-state index is -0.642. The molecule has 6 heteroatoms. The third-order valence-corrected chi connectivity index (χ3v) is 4.50. The number of nitrogens with zero attached hydrogens (tertiary/aromatic N) is 2. The monoisotopic (exact) mass is 365 g/mol. The van der Waals surface area contributed by atoms with Crippen LogP contribution < -0.4 is 10.2 Å². The van der Waals surface area contributed by atoms with Crippen molar-refractivity contribution in [3.05, 3.63) is 66.2 Å². The zero-order chi connectivity index (χ0) is 19.4. The molecule has 3 rings (SSSR count). The van der Waals surface area contributed by atoms with E-state index in [0.717, 1.165) is 16.2 Å². The number of rotatable bonds is 6. The summed E-state index contributed by atoms with van der Waals surface area (Å²) in [5, 5.41) is 2.68. The maximum atomic E-state index is 12.8. The van der Waals surface area contributed by atoms with E-state index >= 15 is 0 Å². The Balaban J connectivity index is 1.71. The number of carbonyl (C=O) groups is 3. The topological polar surface area (TPSA) is 69.7 Å². The molecule has 2 aromatic rings. The van der Waals surface area contributed by atoms with Crippen molar-refractivity contribution in [1.29, 1.82) is 0 Å². The van der Waals surface area contributed by atoms with Gasteiger partial charge in [0.1, 0.15) is 12.6 Å². The van der Waals surface area contributed by atoms with Crippen LogP contribution in [0, 0.1) is 0 Å². The molecule has 1 aliphatic heterocycles. The summed E-state index contributed by atoms with van der Waals surface area (Å²) in [6.07, 6.45) is 0.405. The predicted molar refractivity (Wildman–Crippen MR) is 103 cm³/mol. The van der Waals surface area contributed by atoms with Crippen molar-refractivity contribution in [3.8, 4) is 0 Å². The second kappa shape index (κ2) is 8.03. The average molecular weight is 365 g/mol. The SMILES string of the molecule is CC(C)N(C(=O)CN1C(=O)N[C@H](Cc2ccccc2)C1=O)c1ccccc1. The van der Waals surface area contributed by atoms with E-state index in [9.17, 15) is 14.4 Å². The molecular weight excluding hydrogens is 342 g/mol. The molecule has 1 atom stereocenters. The van der Waals surface area contributed by atoms with Crippen LogP contribution in [0.15, 0.2) is 60.7 Å². The second-order valence-corrected chi connectivity index (χ2v) is 6.81. The number of benzene rings is 2. The molecule has 0 radical (unpaired) electrons. The minimum absolute atomic E-state index is 0.0965. The second-order valence-electron chi connectivity index (χ2n) is 6.81. The van der Waals surface area contributed by atoms with Crippen molar-refractivity contribution < 1.29 is 14.4 Å². The first-order chi connectivity index (χ1) is 13.0. The highest BCUT2D eigenvalue weighted by atomic mass is 16.2. The van der Waals surface area contributed by atoms with Gasteiger partial charge in [-0.05, 0) is 31.5 Å². The predicted octanol–water partition coefficient (Wildman–Crippen LogP) is 2.59. The van der Waals surface area contributed by atoms with Crippen molar-refractivity contribution in [2.75, 3.05) is 11.4 Å². The van der Waals surface area contributed by atoms with Crippen molar-refractivity contribution in [3.63, 3.8) is 0 Å². The average Bonchev–Trinajstić information content (AvgIpc) is 2.91. The van der Waals surface area contributed by atoms with E-state index in [1.54, 1.807) is 4.90 Å². The quantitative estimate of drug-likeness (QED) is 0.800. The number of nitrogens with one attached hydrogen (secondary N) is 1. The van der Waals surface area contributed by atoms with Gasteiger partial charge < -0.3 is 10.2 Å². The van der Waals surface area contributed by atoms with E-state index in [1.807, 2.05) is 74.5 Å². The summed E-state index contributed by atoms with van der Waals surface area (Å²) in [5.41, 5.74) is 1.70. The molecule has 6 nitrogen and oxygen atoms in total. The zero-order valence-corrected chi connectivity index (χ0v) is 15.5. The van der Waals surface area contributed by atoms with Gasteiger partial charge in [0.05, 0.1) is 0 Å². The number of para-hydroxylation sites is 1. The molecule has 1 N–H and O–H groups in total. The van der Waals surface area contributed by atoms with Crippen LogP contribution in [0.2, 0.25) is 0 Å². The molecule has 0 aromatic heterocycles. The Kier molecular flexibility index (Phi) is 5.54. The fourth-order valence-electron chi connectivity index (χ4n) is 3.24. The van der Waals surface area contributed by atoms with Gasteiger partial charge in [-0.1, -0.05) is 48.5 Å². The number of urea groups is 1.